The zero-order valence-corrected chi connectivity index (χ0v) is 21.8. The second kappa shape index (κ2) is 14.6. The maximum absolute atomic E-state index is 2.33. The largest absolute Gasteiger partial charge is 0.0849 e. The van der Waals surface area contributed by atoms with E-state index in [9.17, 15) is 0 Å². The Labute approximate surface area is 192 Å². The summed E-state index contributed by atoms with van der Waals surface area (Å²) in [7, 11) is 0. The highest BCUT2D eigenvalue weighted by atomic mass is 32.2. The molecule has 0 aromatic heterocycles. The molecule has 0 spiro atoms. The highest BCUT2D eigenvalue weighted by Crippen LogP contribution is 2.60. The molecule has 0 saturated carbocycles. The van der Waals surface area contributed by atoms with Gasteiger partial charge in [0, 0.05) is 0 Å². The van der Waals surface area contributed by atoms with Crippen LogP contribution in [0.15, 0.2) is 28.1 Å². The zero-order valence-electron chi connectivity index (χ0n) is 18.5. The van der Waals surface area contributed by atoms with E-state index in [4.69, 9.17) is 0 Å². The molecule has 2 rings (SSSR count). The maximum Gasteiger partial charge on any atom is 0.0699 e. The molecule has 2 aliphatic rings. The third-order valence-corrected chi connectivity index (χ3v) is 11.3. The Morgan fingerprint density at radius 3 is 1.21 bits per heavy atom. The molecule has 0 bridgehead atoms. The van der Waals surface area contributed by atoms with Crippen molar-refractivity contribution in [1.29, 1.82) is 0 Å². The molecule has 28 heavy (non-hydrogen) atoms. The van der Waals surface area contributed by atoms with E-state index < -0.39 is 0 Å². The minimum atomic E-state index is 1.29. The van der Waals surface area contributed by atoms with Crippen molar-refractivity contribution < 1.29 is 0 Å². The van der Waals surface area contributed by atoms with Crippen LogP contribution in [0.1, 0.15) is 118 Å². The van der Waals surface area contributed by atoms with Crippen LogP contribution in [0.3, 0.4) is 0 Å². The second-order valence-electron chi connectivity index (χ2n) is 7.98. The Hall–Kier alpha value is 0.620. The van der Waals surface area contributed by atoms with Crippen LogP contribution in [0, 0.1) is 0 Å². The first-order chi connectivity index (χ1) is 13.7. The van der Waals surface area contributed by atoms with Gasteiger partial charge in [0.25, 0.3) is 0 Å². The molecule has 0 atom stereocenters. The van der Waals surface area contributed by atoms with Crippen LogP contribution < -0.4 is 0 Å². The monoisotopic (exact) mass is 456 g/mol. The molecule has 0 unspecified atom stereocenters. The van der Waals surface area contributed by atoms with Gasteiger partial charge in [-0.15, -0.1) is 0 Å². The Balaban J connectivity index is 1.71. The van der Waals surface area contributed by atoms with E-state index in [0.717, 1.165) is 0 Å². The number of hydrogen-bond donors (Lipinski definition) is 0. The third kappa shape index (κ3) is 8.78. The summed E-state index contributed by atoms with van der Waals surface area (Å²) in [6, 6.07) is 0. The minimum absolute atomic E-state index is 1.29. The first kappa shape index (κ1) is 24.9. The summed E-state index contributed by atoms with van der Waals surface area (Å²) in [5, 5.41) is 0. The Morgan fingerprint density at radius 2 is 0.821 bits per heavy atom. The molecule has 0 saturated heterocycles. The quantitative estimate of drug-likeness (QED) is 0.238. The van der Waals surface area contributed by atoms with E-state index in [1.165, 1.54) is 89.9 Å². The van der Waals surface area contributed by atoms with E-state index in [2.05, 4.69) is 51.2 Å². The fraction of sp³-hybridized carbons (Fsp3) is 0.750. The van der Waals surface area contributed by atoms with Crippen LogP contribution in [0.25, 0.3) is 0 Å². The van der Waals surface area contributed by atoms with E-state index in [1.807, 2.05) is 23.5 Å². The number of thioether (sulfide) groups is 4. The highest BCUT2D eigenvalue weighted by molar-refractivity contribution is 8.34. The second-order valence-corrected chi connectivity index (χ2v) is 13.2. The summed E-state index contributed by atoms with van der Waals surface area (Å²) >= 11 is 8.24. The van der Waals surface area contributed by atoms with Crippen molar-refractivity contribution in [3.8, 4) is 0 Å². The van der Waals surface area contributed by atoms with Gasteiger partial charge in [0.2, 0.25) is 0 Å². The number of rotatable bonds is 14. The predicted molar refractivity (Wildman–Crippen MR) is 139 cm³/mol. The van der Waals surface area contributed by atoms with Gasteiger partial charge in [-0.1, -0.05) is 125 Å². The summed E-state index contributed by atoms with van der Waals surface area (Å²) in [4.78, 5) is 6.41. The summed E-state index contributed by atoms with van der Waals surface area (Å²) in [6.45, 7) is 9.26. The first-order valence-electron chi connectivity index (χ1n) is 11.5. The Bertz CT molecular complexity index is 521. The zero-order chi connectivity index (χ0) is 20.2. The smallest absolute Gasteiger partial charge is 0.0699 e. The van der Waals surface area contributed by atoms with E-state index >= 15 is 0 Å². The molecule has 0 aliphatic carbocycles. The molecule has 160 valence electrons. The lowest BCUT2D eigenvalue weighted by Gasteiger charge is -2.05. The summed E-state index contributed by atoms with van der Waals surface area (Å²) in [5.41, 5.74) is 0. The molecule has 0 fully saturated rings. The molecule has 0 nitrogen and oxygen atoms in total. The fourth-order valence-electron chi connectivity index (χ4n) is 3.55. The molecule has 2 aliphatic heterocycles. The van der Waals surface area contributed by atoms with Crippen LogP contribution >= 0.6 is 47.0 Å². The van der Waals surface area contributed by atoms with Gasteiger partial charge >= 0.3 is 0 Å². The van der Waals surface area contributed by atoms with Crippen LogP contribution in [-0.4, -0.2) is 0 Å². The molecule has 4 heteroatoms. The molecular weight excluding hydrogens is 417 g/mol. The molecule has 0 N–H and O–H groups in total. The van der Waals surface area contributed by atoms with Crippen LogP contribution in [-0.2, 0) is 0 Å². The van der Waals surface area contributed by atoms with Gasteiger partial charge in [0.15, 0.2) is 0 Å². The summed E-state index contributed by atoms with van der Waals surface area (Å²) in [5.74, 6) is 0. The summed E-state index contributed by atoms with van der Waals surface area (Å²) < 4.78 is 3.12. The Morgan fingerprint density at radius 1 is 0.464 bits per heavy atom. The average molecular weight is 457 g/mol. The normalized spacial score (nSPS) is 20.1. The SMILES string of the molecule is CCCCCCCCC1=C(C)S/C(=C2/SC(C)=C(CCCCCCCC)S2)S1. The third-order valence-electron chi connectivity index (χ3n) is 5.39. The lowest BCUT2D eigenvalue weighted by atomic mass is 10.1. The van der Waals surface area contributed by atoms with Crippen molar-refractivity contribution in [1.82, 2.24) is 0 Å². The van der Waals surface area contributed by atoms with E-state index in [1.54, 1.807) is 28.1 Å². The van der Waals surface area contributed by atoms with Crippen LogP contribution in [0.4, 0.5) is 0 Å². The van der Waals surface area contributed by atoms with Crippen LogP contribution in [0.5, 0.6) is 0 Å². The lowest BCUT2D eigenvalue weighted by molar-refractivity contribution is 0.610. The summed E-state index contributed by atoms with van der Waals surface area (Å²) in [6.07, 6.45) is 19.3. The molecule has 0 radical (unpaired) electrons. The van der Waals surface area contributed by atoms with Gasteiger partial charge in [-0.25, -0.2) is 0 Å². The average Bonchev–Trinajstić information content (AvgIpc) is 3.24. The van der Waals surface area contributed by atoms with Crippen molar-refractivity contribution in [2.45, 2.75) is 118 Å². The highest BCUT2D eigenvalue weighted by Gasteiger charge is 2.26. The minimum Gasteiger partial charge on any atom is -0.0849 e. The molecule has 0 amide bonds. The topological polar surface area (TPSA) is 0 Å². The van der Waals surface area contributed by atoms with E-state index in [-0.39, 0.29) is 0 Å². The van der Waals surface area contributed by atoms with Gasteiger partial charge in [-0.05, 0) is 59.2 Å². The van der Waals surface area contributed by atoms with Crippen molar-refractivity contribution in [3.63, 3.8) is 0 Å². The van der Waals surface area contributed by atoms with Gasteiger partial charge in [-0.3, -0.25) is 0 Å². The number of allylic oxidation sites excluding steroid dienone is 4. The molecule has 0 aromatic carbocycles. The van der Waals surface area contributed by atoms with Crippen LogP contribution in [0.2, 0.25) is 0 Å². The lowest BCUT2D eigenvalue weighted by Crippen LogP contribution is -1.81. The maximum atomic E-state index is 2.33. The number of unbranched alkanes of at least 4 members (excludes halogenated alkanes) is 10. The van der Waals surface area contributed by atoms with Gasteiger partial charge < -0.3 is 0 Å². The standard InChI is InChI=1S/C24H40S4/c1-5-7-9-11-13-15-17-21-19(3)25-23(27-21)24-26-20(4)22(28-24)18-16-14-12-10-8-6-2/h5-18H2,1-4H3/b24-23+. The predicted octanol–water partition coefficient (Wildman–Crippen LogP) is 11.0. The Kier molecular flexibility index (Phi) is 13.0. The van der Waals surface area contributed by atoms with Crippen molar-refractivity contribution in [2.24, 2.45) is 0 Å². The van der Waals surface area contributed by atoms with Gasteiger partial charge in [0.1, 0.15) is 0 Å². The van der Waals surface area contributed by atoms with Gasteiger partial charge in [0.05, 0.1) is 8.47 Å². The van der Waals surface area contributed by atoms with Crippen molar-refractivity contribution in [3.05, 3.63) is 28.1 Å². The van der Waals surface area contributed by atoms with Gasteiger partial charge in [-0.2, -0.15) is 0 Å². The van der Waals surface area contributed by atoms with E-state index in [0.29, 0.717) is 0 Å². The van der Waals surface area contributed by atoms with Crippen molar-refractivity contribution >= 4 is 47.0 Å². The first-order valence-corrected chi connectivity index (χ1v) is 14.8. The number of hydrogen-bond acceptors (Lipinski definition) is 4. The molecular formula is C24H40S4. The molecule has 0 aromatic rings. The van der Waals surface area contributed by atoms with Crippen molar-refractivity contribution in [2.75, 3.05) is 0 Å². The molecule has 2 heterocycles. The fourth-order valence-corrected chi connectivity index (χ4v) is 9.29.